The van der Waals surface area contributed by atoms with E-state index in [0.29, 0.717) is 12.2 Å². The van der Waals surface area contributed by atoms with Crippen LogP contribution in [-0.4, -0.2) is 17.7 Å². The zero-order valence-corrected chi connectivity index (χ0v) is 15.9. The van der Waals surface area contributed by atoms with E-state index in [2.05, 4.69) is 6.92 Å². The lowest BCUT2D eigenvalue weighted by molar-refractivity contribution is 0.0697. The number of ether oxygens (including phenoxy) is 1. The highest BCUT2D eigenvalue weighted by Gasteiger charge is 2.01. The van der Waals surface area contributed by atoms with Gasteiger partial charge in [0.1, 0.15) is 5.75 Å². The molecule has 0 amide bonds. The molecular formula is C21H36O3. The van der Waals surface area contributed by atoms with E-state index in [4.69, 9.17) is 9.84 Å². The predicted octanol–water partition coefficient (Wildman–Crippen LogP) is 6.71. The number of benzene rings is 1. The van der Waals surface area contributed by atoms with Crippen molar-refractivity contribution < 1.29 is 14.6 Å². The summed E-state index contributed by atoms with van der Waals surface area (Å²) in [7, 11) is 0. The first-order valence-electron chi connectivity index (χ1n) is 9.70. The second kappa shape index (κ2) is 16.4. The minimum absolute atomic E-state index is 0.297. The molecular weight excluding hydrogens is 300 g/mol. The van der Waals surface area contributed by atoms with Crippen LogP contribution in [0.5, 0.6) is 5.75 Å². The third kappa shape index (κ3) is 12.0. The fourth-order valence-electron chi connectivity index (χ4n) is 2.47. The van der Waals surface area contributed by atoms with Gasteiger partial charge in [-0.05, 0) is 30.7 Å². The van der Waals surface area contributed by atoms with Crippen LogP contribution < -0.4 is 4.74 Å². The van der Waals surface area contributed by atoms with E-state index in [1.54, 1.807) is 24.3 Å². The zero-order chi connectivity index (χ0) is 18.0. The molecule has 1 N–H and O–H groups in total. The Labute approximate surface area is 148 Å². The minimum atomic E-state index is -0.902. The van der Waals surface area contributed by atoms with Gasteiger partial charge < -0.3 is 9.84 Å². The van der Waals surface area contributed by atoms with Crippen LogP contribution in [0.1, 0.15) is 95.3 Å². The average molecular weight is 337 g/mol. The maximum absolute atomic E-state index is 10.7. The lowest BCUT2D eigenvalue weighted by Crippen LogP contribution is -1.99. The molecule has 138 valence electrons. The van der Waals surface area contributed by atoms with E-state index in [1.165, 1.54) is 57.8 Å². The molecule has 24 heavy (non-hydrogen) atoms. The Morgan fingerprint density at radius 2 is 1.29 bits per heavy atom. The first kappa shape index (κ1) is 22.5. The summed E-state index contributed by atoms with van der Waals surface area (Å²) in [5.41, 5.74) is 0.297. The van der Waals surface area contributed by atoms with Gasteiger partial charge in [0.15, 0.2) is 0 Å². The van der Waals surface area contributed by atoms with Gasteiger partial charge in [-0.1, -0.05) is 78.6 Å². The van der Waals surface area contributed by atoms with Crippen molar-refractivity contribution in [1.82, 2.24) is 0 Å². The van der Waals surface area contributed by atoms with Gasteiger partial charge in [-0.15, -0.1) is 0 Å². The van der Waals surface area contributed by atoms with E-state index >= 15 is 0 Å². The number of rotatable bonds is 13. The van der Waals surface area contributed by atoms with Crippen molar-refractivity contribution in [2.24, 2.45) is 0 Å². The number of hydrogen-bond acceptors (Lipinski definition) is 2. The fourth-order valence-corrected chi connectivity index (χ4v) is 2.47. The third-order valence-electron chi connectivity index (χ3n) is 3.87. The van der Waals surface area contributed by atoms with E-state index in [1.807, 2.05) is 13.8 Å². The number of unbranched alkanes of at least 4 members (excludes halogenated alkanes) is 9. The van der Waals surface area contributed by atoms with Crippen LogP contribution in [0, 0.1) is 0 Å². The number of carboxylic acids is 1. The molecule has 0 aromatic heterocycles. The molecule has 0 saturated heterocycles. The smallest absolute Gasteiger partial charge is 0.335 e. The van der Waals surface area contributed by atoms with Crippen LogP contribution in [0.15, 0.2) is 24.3 Å². The third-order valence-corrected chi connectivity index (χ3v) is 3.87. The van der Waals surface area contributed by atoms with Crippen molar-refractivity contribution in [1.29, 1.82) is 0 Å². The van der Waals surface area contributed by atoms with Crippen molar-refractivity contribution >= 4 is 5.97 Å². The lowest BCUT2D eigenvalue weighted by Gasteiger charge is -2.06. The van der Waals surface area contributed by atoms with Crippen molar-refractivity contribution in [3.63, 3.8) is 0 Å². The summed E-state index contributed by atoms with van der Waals surface area (Å²) in [5, 5.41) is 8.81. The SMILES string of the molecule is CC.CCCCCCCCCCCCOc1ccc(C(=O)O)cc1. The number of carboxylic acid groups (broad SMARTS) is 1. The number of aromatic carboxylic acids is 1. The zero-order valence-electron chi connectivity index (χ0n) is 15.9. The van der Waals surface area contributed by atoms with Gasteiger partial charge in [-0.3, -0.25) is 0 Å². The first-order valence-corrected chi connectivity index (χ1v) is 9.70. The maximum Gasteiger partial charge on any atom is 0.335 e. The van der Waals surface area contributed by atoms with Crippen molar-refractivity contribution in [2.75, 3.05) is 6.61 Å². The highest BCUT2D eigenvalue weighted by molar-refractivity contribution is 5.87. The second-order valence-corrected chi connectivity index (χ2v) is 5.86. The molecule has 0 aliphatic carbocycles. The number of hydrogen-bond donors (Lipinski definition) is 1. The van der Waals surface area contributed by atoms with Gasteiger partial charge >= 0.3 is 5.97 Å². The molecule has 0 spiro atoms. The second-order valence-electron chi connectivity index (χ2n) is 5.86. The highest BCUT2D eigenvalue weighted by Crippen LogP contribution is 2.14. The van der Waals surface area contributed by atoms with Crippen LogP contribution in [0.25, 0.3) is 0 Å². The highest BCUT2D eigenvalue weighted by atomic mass is 16.5. The Hall–Kier alpha value is -1.51. The molecule has 0 heterocycles. The van der Waals surface area contributed by atoms with E-state index < -0.39 is 5.97 Å². The molecule has 1 rings (SSSR count). The summed E-state index contributed by atoms with van der Waals surface area (Å²) in [6.45, 7) is 6.96. The van der Waals surface area contributed by atoms with E-state index in [-0.39, 0.29) is 0 Å². The molecule has 3 nitrogen and oxygen atoms in total. The summed E-state index contributed by atoms with van der Waals surface area (Å²) in [5.74, 6) is -0.151. The van der Waals surface area contributed by atoms with E-state index in [9.17, 15) is 4.79 Å². The summed E-state index contributed by atoms with van der Waals surface area (Å²) in [4.78, 5) is 10.7. The standard InChI is InChI=1S/C19H30O3.C2H6/c1-2-3-4-5-6-7-8-9-10-11-16-22-18-14-12-17(13-15-18)19(20)21;1-2/h12-15H,2-11,16H2,1H3,(H,20,21);1-2H3. The number of carbonyl (C=O) groups is 1. The largest absolute Gasteiger partial charge is 0.494 e. The minimum Gasteiger partial charge on any atom is -0.494 e. The monoisotopic (exact) mass is 336 g/mol. The van der Waals surface area contributed by atoms with Crippen molar-refractivity contribution in [2.45, 2.75) is 85.0 Å². The van der Waals surface area contributed by atoms with Crippen LogP contribution >= 0.6 is 0 Å². The Kier molecular flexibility index (Phi) is 15.3. The Morgan fingerprint density at radius 3 is 1.75 bits per heavy atom. The normalized spacial score (nSPS) is 9.96. The van der Waals surface area contributed by atoms with Gasteiger partial charge in [0, 0.05) is 0 Å². The van der Waals surface area contributed by atoms with Gasteiger partial charge in [-0.2, -0.15) is 0 Å². The quantitative estimate of drug-likeness (QED) is 0.407. The molecule has 0 saturated carbocycles. The molecule has 1 aromatic rings. The summed E-state index contributed by atoms with van der Waals surface area (Å²) >= 11 is 0. The van der Waals surface area contributed by atoms with Gasteiger partial charge in [0.2, 0.25) is 0 Å². The lowest BCUT2D eigenvalue weighted by atomic mass is 10.1. The predicted molar refractivity (Wildman–Crippen MR) is 102 cm³/mol. The molecule has 3 heteroatoms. The topological polar surface area (TPSA) is 46.5 Å². The molecule has 0 aliphatic rings. The maximum atomic E-state index is 10.7. The summed E-state index contributed by atoms with van der Waals surface area (Å²) in [6, 6.07) is 6.60. The van der Waals surface area contributed by atoms with Gasteiger partial charge in [-0.25, -0.2) is 4.79 Å². The average Bonchev–Trinajstić information content (AvgIpc) is 2.62. The molecule has 0 fully saturated rings. The molecule has 0 atom stereocenters. The van der Waals surface area contributed by atoms with E-state index in [0.717, 1.165) is 12.2 Å². The molecule has 1 aromatic carbocycles. The first-order chi connectivity index (χ1) is 11.7. The van der Waals surface area contributed by atoms with Crippen molar-refractivity contribution in [3.05, 3.63) is 29.8 Å². The molecule has 0 radical (unpaired) electrons. The van der Waals surface area contributed by atoms with Crippen LogP contribution in [-0.2, 0) is 0 Å². The van der Waals surface area contributed by atoms with Crippen molar-refractivity contribution in [3.8, 4) is 5.75 Å². The van der Waals surface area contributed by atoms with Crippen LogP contribution in [0.2, 0.25) is 0 Å². The summed E-state index contributed by atoms with van der Waals surface area (Å²) < 4.78 is 5.62. The van der Waals surface area contributed by atoms with Crippen LogP contribution in [0.3, 0.4) is 0 Å². The Morgan fingerprint density at radius 1 is 0.833 bits per heavy atom. The van der Waals surface area contributed by atoms with Crippen LogP contribution in [0.4, 0.5) is 0 Å². The Bertz CT molecular complexity index is 398. The van der Waals surface area contributed by atoms with Gasteiger partial charge in [0.05, 0.1) is 12.2 Å². The molecule has 0 aliphatic heterocycles. The fraction of sp³-hybridized carbons (Fsp3) is 0.667. The molecule has 0 unspecified atom stereocenters. The summed E-state index contributed by atoms with van der Waals surface area (Å²) in [6.07, 6.45) is 13.1. The molecule has 0 bridgehead atoms. The van der Waals surface area contributed by atoms with Gasteiger partial charge in [0.25, 0.3) is 0 Å². The Balaban J connectivity index is 0.00000254.